The van der Waals surface area contributed by atoms with E-state index in [9.17, 15) is 14.4 Å². The number of carbonyl (C=O) groups is 3. The number of ether oxygens (including phenoxy) is 2. The van der Waals surface area contributed by atoms with Crippen LogP contribution in [0.4, 0.5) is 10.5 Å². The third-order valence-electron chi connectivity index (χ3n) is 5.83. The molecule has 4 rings (SSSR count). The molecule has 8 heteroatoms. The van der Waals surface area contributed by atoms with Gasteiger partial charge in [0.2, 0.25) is 5.91 Å². The molecular weight excluding hydrogens is 362 g/mol. The number of amides is 4. The molecule has 2 aliphatic heterocycles. The van der Waals surface area contributed by atoms with Gasteiger partial charge < -0.3 is 20.1 Å². The summed E-state index contributed by atoms with van der Waals surface area (Å²) in [7, 11) is 0. The van der Waals surface area contributed by atoms with Gasteiger partial charge in [-0.3, -0.25) is 14.5 Å². The van der Waals surface area contributed by atoms with Gasteiger partial charge in [0.15, 0.2) is 11.5 Å². The highest BCUT2D eigenvalue weighted by molar-refractivity contribution is 6.10. The zero-order valence-electron chi connectivity index (χ0n) is 16.0. The largest absolute Gasteiger partial charge is 0.490 e. The highest BCUT2D eigenvalue weighted by Gasteiger charge is 2.55. The lowest BCUT2D eigenvalue weighted by molar-refractivity contribution is -0.136. The van der Waals surface area contributed by atoms with E-state index in [-0.39, 0.29) is 18.4 Å². The van der Waals surface area contributed by atoms with Gasteiger partial charge in [0.25, 0.3) is 5.91 Å². The Hall–Kier alpha value is -2.77. The van der Waals surface area contributed by atoms with Crippen LogP contribution in [0, 0.1) is 5.92 Å². The first-order valence-electron chi connectivity index (χ1n) is 9.83. The Bertz CT molecular complexity index is 811. The summed E-state index contributed by atoms with van der Waals surface area (Å²) < 4.78 is 11.2. The number of benzene rings is 1. The van der Waals surface area contributed by atoms with Crippen molar-refractivity contribution in [3.8, 4) is 11.5 Å². The molecule has 2 atom stereocenters. The first kappa shape index (κ1) is 18.6. The van der Waals surface area contributed by atoms with Gasteiger partial charge >= 0.3 is 6.03 Å². The van der Waals surface area contributed by atoms with E-state index in [0.717, 1.165) is 30.6 Å². The molecule has 0 radical (unpaired) electrons. The second-order valence-electron chi connectivity index (χ2n) is 7.70. The fourth-order valence-electron chi connectivity index (χ4n) is 4.22. The highest BCUT2D eigenvalue weighted by Crippen LogP contribution is 2.38. The van der Waals surface area contributed by atoms with E-state index < -0.39 is 17.5 Å². The smallest absolute Gasteiger partial charge is 0.325 e. The van der Waals surface area contributed by atoms with Crippen molar-refractivity contribution in [2.24, 2.45) is 5.92 Å². The van der Waals surface area contributed by atoms with Gasteiger partial charge in [0, 0.05) is 18.2 Å². The fourth-order valence-corrected chi connectivity index (χ4v) is 4.22. The van der Waals surface area contributed by atoms with E-state index in [4.69, 9.17) is 9.47 Å². The van der Waals surface area contributed by atoms with Crippen LogP contribution in [0.1, 0.15) is 39.0 Å². The predicted octanol–water partition coefficient (Wildman–Crippen LogP) is 2.29. The minimum absolute atomic E-state index is 0.0625. The molecule has 2 N–H and O–H groups in total. The molecule has 1 saturated carbocycles. The third-order valence-corrected chi connectivity index (χ3v) is 5.83. The minimum atomic E-state index is -0.856. The van der Waals surface area contributed by atoms with Gasteiger partial charge in [-0.1, -0.05) is 19.8 Å². The normalized spacial score (nSPS) is 26.8. The van der Waals surface area contributed by atoms with Crippen molar-refractivity contribution in [1.29, 1.82) is 0 Å². The summed E-state index contributed by atoms with van der Waals surface area (Å²) >= 11 is 0. The van der Waals surface area contributed by atoms with Gasteiger partial charge in [-0.15, -0.1) is 0 Å². The number of urea groups is 1. The Morgan fingerprint density at radius 3 is 2.79 bits per heavy atom. The molecule has 0 unspecified atom stereocenters. The number of carbonyl (C=O) groups excluding carboxylic acids is 3. The minimum Gasteiger partial charge on any atom is -0.490 e. The van der Waals surface area contributed by atoms with Crippen LogP contribution in [0.2, 0.25) is 0 Å². The quantitative estimate of drug-likeness (QED) is 0.776. The van der Waals surface area contributed by atoms with Crippen LogP contribution in [0.15, 0.2) is 18.2 Å². The predicted molar refractivity (Wildman–Crippen MR) is 101 cm³/mol. The van der Waals surface area contributed by atoms with Gasteiger partial charge in [0.05, 0.1) is 13.2 Å². The lowest BCUT2D eigenvalue weighted by Crippen LogP contribution is -2.54. The molecule has 0 bridgehead atoms. The number of hydrogen-bond donors (Lipinski definition) is 2. The van der Waals surface area contributed by atoms with E-state index in [1.807, 2.05) is 6.92 Å². The van der Waals surface area contributed by atoms with Gasteiger partial charge in [-0.05, 0) is 30.9 Å². The van der Waals surface area contributed by atoms with Crippen LogP contribution in [0.25, 0.3) is 0 Å². The first-order valence-corrected chi connectivity index (χ1v) is 9.83. The molecule has 1 aromatic carbocycles. The zero-order valence-corrected chi connectivity index (χ0v) is 16.0. The van der Waals surface area contributed by atoms with Crippen LogP contribution in [0.5, 0.6) is 11.5 Å². The standard InChI is InChI=1S/C20H25N3O5/c1-13-5-2-3-8-20(13)18(25)23(19(26)22-20)12-17(24)21-14-6-7-15-16(11-14)28-10-4-9-27-15/h6-7,11,13H,2-5,8-10,12H2,1H3,(H,21,24)(H,22,26)/t13-,20-/m0/s1. The van der Waals surface area contributed by atoms with E-state index in [2.05, 4.69) is 10.6 Å². The Morgan fingerprint density at radius 1 is 1.21 bits per heavy atom. The molecular formula is C20H25N3O5. The van der Waals surface area contributed by atoms with Crippen molar-refractivity contribution in [3.63, 3.8) is 0 Å². The maximum atomic E-state index is 12.9. The number of nitrogens with zero attached hydrogens (tertiary/aromatic N) is 1. The molecule has 1 spiro atoms. The topological polar surface area (TPSA) is 97.0 Å². The monoisotopic (exact) mass is 387 g/mol. The highest BCUT2D eigenvalue weighted by atomic mass is 16.5. The van der Waals surface area contributed by atoms with E-state index in [0.29, 0.717) is 36.8 Å². The van der Waals surface area contributed by atoms with E-state index >= 15 is 0 Å². The second-order valence-corrected chi connectivity index (χ2v) is 7.70. The van der Waals surface area contributed by atoms with E-state index in [1.165, 1.54) is 0 Å². The maximum absolute atomic E-state index is 12.9. The number of hydrogen-bond acceptors (Lipinski definition) is 5. The maximum Gasteiger partial charge on any atom is 0.325 e. The Kier molecular flexibility index (Phi) is 4.87. The van der Waals surface area contributed by atoms with Crippen molar-refractivity contribution in [2.45, 2.75) is 44.6 Å². The molecule has 1 aliphatic carbocycles. The van der Waals surface area contributed by atoms with Crippen LogP contribution >= 0.6 is 0 Å². The van der Waals surface area contributed by atoms with Crippen LogP contribution in [-0.4, -0.2) is 48.0 Å². The van der Waals surface area contributed by atoms with Crippen LogP contribution in [0.3, 0.4) is 0 Å². The molecule has 3 aliphatic rings. The third kappa shape index (κ3) is 3.27. The Morgan fingerprint density at radius 2 is 2.00 bits per heavy atom. The zero-order chi connectivity index (χ0) is 19.7. The molecule has 150 valence electrons. The lowest BCUT2D eigenvalue weighted by atomic mass is 9.73. The Labute approximate surface area is 163 Å². The summed E-state index contributed by atoms with van der Waals surface area (Å²) in [6, 6.07) is 4.65. The molecule has 4 amide bonds. The molecule has 0 aromatic heterocycles. The Balaban J connectivity index is 1.43. The summed E-state index contributed by atoms with van der Waals surface area (Å²) in [5, 5.41) is 5.59. The summed E-state index contributed by atoms with van der Waals surface area (Å²) in [6.07, 6.45) is 4.26. The SMILES string of the molecule is C[C@H]1CCCC[C@]12NC(=O)N(CC(=O)Nc1ccc3c(c1)OCCCO3)C2=O. The molecule has 2 heterocycles. The number of nitrogens with one attached hydrogen (secondary N) is 2. The summed E-state index contributed by atoms with van der Waals surface area (Å²) in [6.45, 7) is 2.81. The molecule has 2 fully saturated rings. The van der Waals surface area contributed by atoms with Gasteiger partial charge in [-0.2, -0.15) is 0 Å². The lowest BCUT2D eigenvalue weighted by Gasteiger charge is -2.36. The van der Waals surface area contributed by atoms with Gasteiger partial charge in [0.1, 0.15) is 12.1 Å². The summed E-state index contributed by atoms with van der Waals surface area (Å²) in [5.41, 5.74) is -0.327. The van der Waals surface area contributed by atoms with E-state index in [1.54, 1.807) is 18.2 Å². The second kappa shape index (κ2) is 7.33. The van der Waals surface area contributed by atoms with Crippen molar-refractivity contribution >= 4 is 23.5 Å². The number of imide groups is 1. The first-order chi connectivity index (χ1) is 13.5. The molecule has 1 aromatic rings. The number of rotatable bonds is 3. The number of fused-ring (bicyclic) bond motifs is 1. The molecule has 28 heavy (non-hydrogen) atoms. The van der Waals surface area contributed by atoms with Crippen LogP contribution < -0.4 is 20.1 Å². The summed E-state index contributed by atoms with van der Waals surface area (Å²) in [4.78, 5) is 38.9. The van der Waals surface area contributed by atoms with Crippen molar-refractivity contribution < 1.29 is 23.9 Å². The van der Waals surface area contributed by atoms with Crippen molar-refractivity contribution in [2.75, 3.05) is 25.1 Å². The summed E-state index contributed by atoms with van der Waals surface area (Å²) in [5.74, 6) is 0.544. The van der Waals surface area contributed by atoms with Crippen molar-refractivity contribution in [3.05, 3.63) is 18.2 Å². The van der Waals surface area contributed by atoms with Crippen LogP contribution in [-0.2, 0) is 9.59 Å². The van der Waals surface area contributed by atoms with Gasteiger partial charge in [-0.25, -0.2) is 4.79 Å². The molecule has 8 nitrogen and oxygen atoms in total. The molecule has 1 saturated heterocycles. The fraction of sp³-hybridized carbons (Fsp3) is 0.550. The average Bonchev–Trinajstić information content (AvgIpc) is 2.83. The number of anilines is 1. The van der Waals surface area contributed by atoms with Crippen molar-refractivity contribution in [1.82, 2.24) is 10.2 Å². The average molecular weight is 387 g/mol.